The number of rotatable bonds is 6. The monoisotopic (exact) mass is 399 g/mol. The van der Waals surface area contributed by atoms with Crippen molar-refractivity contribution >= 4 is 39.0 Å². The first kappa shape index (κ1) is 18.2. The number of fused-ring (bicyclic) bond motifs is 2. The average molecular weight is 399 g/mol. The quantitative estimate of drug-likeness (QED) is 0.503. The Hall–Kier alpha value is -3.14. The zero-order valence-electron chi connectivity index (χ0n) is 14.9. The summed E-state index contributed by atoms with van der Waals surface area (Å²) in [4.78, 5) is 44.9. The number of thiazole rings is 1. The fourth-order valence-electron chi connectivity index (χ4n) is 3.26. The third-order valence-electron chi connectivity index (χ3n) is 4.66. The van der Waals surface area contributed by atoms with Crippen molar-refractivity contribution in [2.24, 2.45) is 0 Å². The number of non-ortho nitro benzene ring substituents is 1. The summed E-state index contributed by atoms with van der Waals surface area (Å²) in [5.74, 6) is -0.148. The molecule has 0 radical (unpaired) electrons. The standard InChI is InChI=1S/C18H17N5O4S/c24-16(21-18-20-14-3-1-4-15(14)28-18)5-2-8-22-10-19-13-7-6-11(23(26)27)9-12(13)17(22)25/h6-7,9-10H,1-5,8H2,(H,20,21,24). The molecule has 0 saturated carbocycles. The summed E-state index contributed by atoms with van der Waals surface area (Å²) in [5, 5.41) is 14.5. The van der Waals surface area contributed by atoms with E-state index < -0.39 is 4.92 Å². The molecule has 0 fully saturated rings. The second kappa shape index (κ2) is 7.47. The van der Waals surface area contributed by atoms with Gasteiger partial charge in [-0.05, 0) is 31.7 Å². The zero-order chi connectivity index (χ0) is 19.7. The molecule has 1 aliphatic carbocycles. The first-order valence-electron chi connectivity index (χ1n) is 8.93. The minimum Gasteiger partial charge on any atom is -0.302 e. The van der Waals surface area contributed by atoms with Crippen LogP contribution in [0.5, 0.6) is 0 Å². The van der Waals surface area contributed by atoms with Gasteiger partial charge in [0, 0.05) is 30.0 Å². The summed E-state index contributed by atoms with van der Waals surface area (Å²) in [6.07, 6.45) is 5.21. The maximum Gasteiger partial charge on any atom is 0.270 e. The van der Waals surface area contributed by atoms with Crippen molar-refractivity contribution in [3.63, 3.8) is 0 Å². The molecule has 0 unspecified atom stereocenters. The van der Waals surface area contributed by atoms with Gasteiger partial charge in [0.25, 0.3) is 11.2 Å². The summed E-state index contributed by atoms with van der Waals surface area (Å²) in [5.41, 5.74) is 0.980. The molecule has 144 valence electrons. The number of nitrogens with one attached hydrogen (secondary N) is 1. The van der Waals surface area contributed by atoms with Crippen molar-refractivity contribution in [2.75, 3.05) is 5.32 Å². The van der Waals surface area contributed by atoms with Gasteiger partial charge in [-0.1, -0.05) is 0 Å². The fraction of sp³-hybridized carbons (Fsp3) is 0.333. The van der Waals surface area contributed by atoms with Gasteiger partial charge in [0.1, 0.15) is 0 Å². The highest BCUT2D eigenvalue weighted by Gasteiger charge is 2.17. The lowest BCUT2D eigenvalue weighted by molar-refractivity contribution is -0.384. The number of nitro benzene ring substituents is 1. The van der Waals surface area contributed by atoms with E-state index >= 15 is 0 Å². The Morgan fingerprint density at radius 1 is 1.36 bits per heavy atom. The molecular formula is C18H17N5O4S. The highest BCUT2D eigenvalue weighted by atomic mass is 32.1. The lowest BCUT2D eigenvalue weighted by Gasteiger charge is -2.06. The predicted octanol–water partition coefficient (Wildman–Crippen LogP) is 2.67. The molecule has 0 atom stereocenters. The molecule has 2 heterocycles. The van der Waals surface area contributed by atoms with E-state index in [2.05, 4.69) is 15.3 Å². The second-order valence-electron chi connectivity index (χ2n) is 6.60. The lowest BCUT2D eigenvalue weighted by Crippen LogP contribution is -2.21. The predicted molar refractivity (Wildman–Crippen MR) is 105 cm³/mol. The normalized spacial score (nSPS) is 12.9. The molecule has 1 N–H and O–H groups in total. The van der Waals surface area contributed by atoms with Gasteiger partial charge in [0.05, 0.1) is 27.8 Å². The molecule has 0 spiro atoms. The summed E-state index contributed by atoms with van der Waals surface area (Å²) in [7, 11) is 0. The molecule has 1 aliphatic rings. The van der Waals surface area contributed by atoms with Crippen LogP contribution in [0.15, 0.2) is 29.3 Å². The van der Waals surface area contributed by atoms with E-state index in [4.69, 9.17) is 0 Å². The molecule has 9 nitrogen and oxygen atoms in total. The van der Waals surface area contributed by atoms with Crippen molar-refractivity contribution in [3.8, 4) is 0 Å². The van der Waals surface area contributed by atoms with Crippen LogP contribution in [-0.4, -0.2) is 25.4 Å². The van der Waals surface area contributed by atoms with Crippen LogP contribution in [0.1, 0.15) is 29.8 Å². The molecule has 2 aromatic heterocycles. The molecule has 0 aliphatic heterocycles. The molecule has 3 aromatic rings. The summed E-state index contributed by atoms with van der Waals surface area (Å²) < 4.78 is 1.37. The van der Waals surface area contributed by atoms with Crippen LogP contribution in [0.2, 0.25) is 0 Å². The van der Waals surface area contributed by atoms with E-state index in [0.717, 1.165) is 25.0 Å². The minimum atomic E-state index is -0.547. The molecule has 4 rings (SSSR count). The topological polar surface area (TPSA) is 120 Å². The first-order valence-corrected chi connectivity index (χ1v) is 9.75. The Morgan fingerprint density at radius 3 is 3.00 bits per heavy atom. The summed E-state index contributed by atoms with van der Waals surface area (Å²) in [6.45, 7) is 0.298. The van der Waals surface area contributed by atoms with E-state index in [9.17, 15) is 19.7 Å². The third-order valence-corrected chi connectivity index (χ3v) is 5.74. The van der Waals surface area contributed by atoms with Gasteiger partial charge in [-0.3, -0.25) is 24.3 Å². The number of nitrogens with zero attached hydrogens (tertiary/aromatic N) is 4. The zero-order valence-corrected chi connectivity index (χ0v) is 15.7. The second-order valence-corrected chi connectivity index (χ2v) is 7.68. The Morgan fingerprint density at radius 2 is 2.21 bits per heavy atom. The Kier molecular flexibility index (Phi) is 4.86. The SMILES string of the molecule is O=C(CCCn1cnc2ccc([N+](=O)[O-])cc2c1=O)Nc1nc2c(s1)CCC2. The maximum absolute atomic E-state index is 12.5. The summed E-state index contributed by atoms with van der Waals surface area (Å²) in [6, 6.07) is 4.01. The lowest BCUT2D eigenvalue weighted by atomic mass is 10.2. The van der Waals surface area contributed by atoms with Gasteiger partial charge < -0.3 is 5.32 Å². The fourth-order valence-corrected chi connectivity index (χ4v) is 4.32. The number of anilines is 1. The highest BCUT2D eigenvalue weighted by Crippen LogP contribution is 2.30. The van der Waals surface area contributed by atoms with E-state index in [1.165, 1.54) is 45.3 Å². The Bertz CT molecular complexity index is 1120. The smallest absolute Gasteiger partial charge is 0.270 e. The van der Waals surface area contributed by atoms with Crippen molar-refractivity contribution in [1.29, 1.82) is 0 Å². The van der Waals surface area contributed by atoms with Crippen LogP contribution in [0, 0.1) is 10.1 Å². The highest BCUT2D eigenvalue weighted by molar-refractivity contribution is 7.15. The third kappa shape index (κ3) is 3.63. The summed E-state index contributed by atoms with van der Waals surface area (Å²) >= 11 is 1.52. The number of aryl methyl sites for hydroxylation is 3. The van der Waals surface area contributed by atoms with Gasteiger partial charge in [0.15, 0.2) is 5.13 Å². The number of amides is 1. The van der Waals surface area contributed by atoms with Crippen LogP contribution in [0.4, 0.5) is 10.8 Å². The molecule has 1 aromatic carbocycles. The Balaban J connectivity index is 1.39. The number of carbonyl (C=O) groups is 1. The number of benzene rings is 1. The van der Waals surface area contributed by atoms with E-state index in [1.54, 1.807) is 0 Å². The van der Waals surface area contributed by atoms with Crippen molar-refractivity contribution in [2.45, 2.75) is 38.6 Å². The molecule has 10 heteroatoms. The number of nitro groups is 1. The van der Waals surface area contributed by atoms with Crippen LogP contribution in [0.3, 0.4) is 0 Å². The first-order chi connectivity index (χ1) is 13.5. The minimum absolute atomic E-state index is 0.148. The van der Waals surface area contributed by atoms with Crippen LogP contribution < -0.4 is 10.9 Å². The van der Waals surface area contributed by atoms with Gasteiger partial charge in [-0.2, -0.15) is 0 Å². The van der Waals surface area contributed by atoms with Crippen LogP contribution in [0.25, 0.3) is 10.9 Å². The van der Waals surface area contributed by atoms with Gasteiger partial charge in [0.2, 0.25) is 5.91 Å². The molecule has 1 amide bonds. The van der Waals surface area contributed by atoms with Gasteiger partial charge >= 0.3 is 0 Å². The van der Waals surface area contributed by atoms with E-state index in [-0.39, 0.29) is 29.0 Å². The molecule has 28 heavy (non-hydrogen) atoms. The van der Waals surface area contributed by atoms with Crippen molar-refractivity contribution in [3.05, 3.63) is 55.6 Å². The number of hydrogen-bond acceptors (Lipinski definition) is 7. The number of hydrogen-bond donors (Lipinski definition) is 1. The van der Waals surface area contributed by atoms with Crippen molar-refractivity contribution in [1.82, 2.24) is 14.5 Å². The van der Waals surface area contributed by atoms with Crippen molar-refractivity contribution < 1.29 is 9.72 Å². The average Bonchev–Trinajstić information content (AvgIpc) is 3.25. The molecule has 0 saturated heterocycles. The van der Waals surface area contributed by atoms with E-state index in [1.807, 2.05) is 0 Å². The number of aromatic nitrogens is 3. The van der Waals surface area contributed by atoms with E-state index in [0.29, 0.717) is 23.6 Å². The Labute approximate surface area is 163 Å². The van der Waals surface area contributed by atoms with Gasteiger partial charge in [-0.25, -0.2) is 9.97 Å². The largest absolute Gasteiger partial charge is 0.302 e. The molecular weight excluding hydrogens is 382 g/mol. The van der Waals surface area contributed by atoms with Gasteiger partial charge in [-0.15, -0.1) is 11.3 Å². The maximum atomic E-state index is 12.5. The van der Waals surface area contributed by atoms with Crippen LogP contribution >= 0.6 is 11.3 Å². The number of carbonyl (C=O) groups excluding carboxylic acids is 1. The van der Waals surface area contributed by atoms with Crippen LogP contribution in [-0.2, 0) is 24.2 Å². The molecule has 0 bridgehead atoms.